The second-order valence-electron chi connectivity index (χ2n) is 10.6. The van der Waals surface area contributed by atoms with E-state index < -0.39 is 11.9 Å². The quantitative estimate of drug-likeness (QED) is 0.220. The normalized spacial score (nSPS) is 14.4. The lowest BCUT2D eigenvalue weighted by Gasteiger charge is -2.24. The molecule has 3 aromatic rings. The van der Waals surface area contributed by atoms with E-state index in [1.54, 1.807) is 0 Å². The Balaban J connectivity index is 1.62. The highest BCUT2D eigenvalue weighted by Crippen LogP contribution is 2.38. The molecule has 1 aliphatic carbocycles. The lowest BCUT2D eigenvalue weighted by Crippen LogP contribution is -2.41. The van der Waals surface area contributed by atoms with Crippen LogP contribution in [0.3, 0.4) is 0 Å². The molecular weight excluding hydrogens is 518 g/mol. The van der Waals surface area contributed by atoms with Gasteiger partial charge in [0.15, 0.2) is 11.5 Å². The summed E-state index contributed by atoms with van der Waals surface area (Å²) < 4.78 is 11.6. The highest BCUT2D eigenvalue weighted by atomic mass is 16.5. The molecule has 0 saturated heterocycles. The minimum absolute atomic E-state index is 0.124. The Labute approximate surface area is 242 Å². The van der Waals surface area contributed by atoms with Crippen LogP contribution in [0.2, 0.25) is 0 Å². The Hall–Kier alpha value is -3.85. The average Bonchev–Trinajstić information content (AvgIpc) is 2.97. The third-order valence-electron chi connectivity index (χ3n) is 7.79. The summed E-state index contributed by atoms with van der Waals surface area (Å²) in [4.78, 5) is 29.8. The number of fused-ring (bicyclic) bond motifs is 1. The number of pyridine rings is 1. The van der Waals surface area contributed by atoms with Crippen LogP contribution in [0, 0.1) is 5.92 Å². The van der Waals surface area contributed by atoms with Gasteiger partial charge in [0.05, 0.1) is 36.0 Å². The zero-order valence-corrected chi connectivity index (χ0v) is 24.4. The van der Waals surface area contributed by atoms with Crippen molar-refractivity contribution in [1.29, 1.82) is 0 Å². The summed E-state index contributed by atoms with van der Waals surface area (Å²) in [6, 6.07) is 9.01. The summed E-state index contributed by atoms with van der Waals surface area (Å²) in [6.07, 6.45) is 8.96. The molecule has 1 fully saturated rings. The third kappa shape index (κ3) is 7.27. The van der Waals surface area contributed by atoms with Crippen LogP contribution in [0.5, 0.6) is 11.5 Å². The Morgan fingerprint density at radius 3 is 2.41 bits per heavy atom. The van der Waals surface area contributed by atoms with Crippen molar-refractivity contribution in [3.8, 4) is 11.5 Å². The number of carbonyl (C=O) groups is 2. The van der Waals surface area contributed by atoms with Gasteiger partial charge in [-0.15, -0.1) is 0 Å². The van der Waals surface area contributed by atoms with E-state index in [0.29, 0.717) is 60.2 Å². The van der Waals surface area contributed by atoms with E-state index in [0.717, 1.165) is 36.1 Å². The average molecular weight is 562 g/mol. The molecule has 9 heteroatoms. The molecule has 0 aliphatic heterocycles. The molecule has 1 aliphatic rings. The summed E-state index contributed by atoms with van der Waals surface area (Å²) >= 11 is 0. The molecule has 1 aromatic heterocycles. The van der Waals surface area contributed by atoms with Crippen molar-refractivity contribution in [2.24, 2.45) is 17.4 Å². The van der Waals surface area contributed by atoms with E-state index in [1.807, 2.05) is 44.2 Å². The summed E-state index contributed by atoms with van der Waals surface area (Å²) in [6.45, 7) is 7.16. The first-order valence-electron chi connectivity index (χ1n) is 14.8. The summed E-state index contributed by atoms with van der Waals surface area (Å²) in [5.74, 6) is 0.958. The molecule has 1 atom stereocenters. The molecule has 0 radical (unpaired) electrons. The molecule has 4 rings (SSSR count). The van der Waals surface area contributed by atoms with Crippen molar-refractivity contribution in [2.75, 3.05) is 18.5 Å². The van der Waals surface area contributed by atoms with Gasteiger partial charge >= 0.3 is 0 Å². The maximum atomic E-state index is 12.9. The lowest BCUT2D eigenvalue weighted by molar-refractivity contribution is -0.123. The smallest absolute Gasteiger partial charge is 0.252 e. The fraction of sp³-hybridized carbons (Fsp3) is 0.469. The van der Waals surface area contributed by atoms with E-state index in [4.69, 9.17) is 20.9 Å². The lowest BCUT2D eigenvalue weighted by atomic mass is 9.85. The highest BCUT2D eigenvalue weighted by Gasteiger charge is 2.22. The molecule has 1 saturated carbocycles. The minimum atomic E-state index is -0.595. The molecule has 6 N–H and O–H groups in total. The zero-order valence-electron chi connectivity index (χ0n) is 24.4. The number of hydrogen-bond acceptors (Lipinski definition) is 7. The van der Waals surface area contributed by atoms with E-state index in [9.17, 15) is 9.59 Å². The molecule has 0 spiro atoms. The van der Waals surface area contributed by atoms with Crippen molar-refractivity contribution in [3.05, 3.63) is 53.2 Å². The fourth-order valence-electron chi connectivity index (χ4n) is 5.73. The first-order chi connectivity index (χ1) is 19.9. The van der Waals surface area contributed by atoms with E-state index in [2.05, 4.69) is 22.5 Å². The van der Waals surface area contributed by atoms with Gasteiger partial charge < -0.3 is 31.6 Å². The van der Waals surface area contributed by atoms with Crippen LogP contribution in [0.15, 0.2) is 36.5 Å². The van der Waals surface area contributed by atoms with Crippen molar-refractivity contribution in [2.45, 2.75) is 78.3 Å². The number of ether oxygens (including phenoxy) is 2. The first kappa shape index (κ1) is 30.1. The minimum Gasteiger partial charge on any atom is -0.490 e. The van der Waals surface area contributed by atoms with Crippen LogP contribution in [-0.2, 0) is 17.8 Å². The molecule has 0 unspecified atom stereocenters. The summed E-state index contributed by atoms with van der Waals surface area (Å²) in [5, 5.41) is 7.20. The summed E-state index contributed by atoms with van der Waals surface area (Å²) in [5.41, 5.74) is 16.3. The predicted octanol–water partition coefficient (Wildman–Crippen LogP) is 5.35. The Bertz CT molecular complexity index is 1370. The van der Waals surface area contributed by atoms with Gasteiger partial charge in [-0.25, -0.2) is 0 Å². The number of hydrogen-bond donors (Lipinski definition) is 4. The van der Waals surface area contributed by atoms with E-state index in [-0.39, 0.29) is 11.5 Å². The standard InChI is InChI=1S/C32H43N5O4/c1-4-22-21(18-36-32(39)25(33)15-20-11-8-7-9-12-20)13-10-14-26(22)37-30-23-16-28(40-5-2)29(41-6-3)17-27(23)35-19-24(30)31(34)38/h10,13-14,16-17,19-20,25H,4-9,11-12,15,18,33H2,1-3H3,(H2,34,38)(H,35,37)(H,36,39)/t25-/m1/s1. The van der Waals surface area contributed by atoms with E-state index in [1.165, 1.54) is 25.5 Å². The number of rotatable bonds is 13. The van der Waals surface area contributed by atoms with Gasteiger partial charge in [-0.05, 0) is 55.9 Å². The molecule has 220 valence electrons. The molecular formula is C32H43N5O4. The first-order valence-corrected chi connectivity index (χ1v) is 14.8. The van der Waals surface area contributed by atoms with Gasteiger partial charge in [-0.3, -0.25) is 14.6 Å². The highest BCUT2D eigenvalue weighted by molar-refractivity contribution is 6.08. The van der Waals surface area contributed by atoms with Crippen molar-refractivity contribution < 1.29 is 19.1 Å². The second kappa shape index (κ2) is 14.2. The number of benzene rings is 2. The largest absolute Gasteiger partial charge is 0.490 e. The van der Waals surface area contributed by atoms with Crippen LogP contribution < -0.4 is 31.6 Å². The number of nitrogens with one attached hydrogen (secondary N) is 2. The maximum Gasteiger partial charge on any atom is 0.252 e. The van der Waals surface area contributed by atoms with E-state index >= 15 is 0 Å². The fourth-order valence-corrected chi connectivity index (χ4v) is 5.73. The number of anilines is 2. The van der Waals surface area contributed by atoms with Gasteiger partial charge in [0.25, 0.3) is 5.91 Å². The molecule has 1 heterocycles. The molecule has 41 heavy (non-hydrogen) atoms. The number of aromatic nitrogens is 1. The second-order valence-corrected chi connectivity index (χ2v) is 10.6. The monoisotopic (exact) mass is 561 g/mol. The Kier molecular flexibility index (Phi) is 10.4. The SMILES string of the molecule is CCOc1cc2ncc(C(N)=O)c(Nc3cccc(CNC(=O)[C@H](N)CC4CCCCC4)c3CC)c2cc1OCC. The topological polar surface area (TPSA) is 142 Å². The number of amides is 2. The number of carbonyl (C=O) groups excluding carboxylic acids is 2. The van der Waals surface area contributed by atoms with Gasteiger partial charge in [0.1, 0.15) is 0 Å². The number of nitrogens with zero attached hydrogens (tertiary/aromatic N) is 1. The van der Waals surface area contributed by atoms with Gasteiger partial charge in [-0.1, -0.05) is 51.2 Å². The van der Waals surface area contributed by atoms with Crippen LogP contribution in [0.4, 0.5) is 11.4 Å². The van der Waals surface area contributed by atoms with Crippen LogP contribution in [0.25, 0.3) is 10.9 Å². The van der Waals surface area contributed by atoms with Crippen LogP contribution in [-0.4, -0.2) is 36.1 Å². The molecule has 2 amide bonds. The maximum absolute atomic E-state index is 12.9. The van der Waals surface area contributed by atoms with Crippen molar-refractivity contribution >= 4 is 34.1 Å². The Morgan fingerprint density at radius 2 is 1.76 bits per heavy atom. The third-order valence-corrected chi connectivity index (χ3v) is 7.79. The summed E-state index contributed by atoms with van der Waals surface area (Å²) in [7, 11) is 0. The Morgan fingerprint density at radius 1 is 1.05 bits per heavy atom. The zero-order chi connectivity index (χ0) is 29.4. The molecule has 9 nitrogen and oxygen atoms in total. The van der Waals surface area contributed by atoms with Gasteiger partial charge in [-0.2, -0.15) is 0 Å². The molecule has 2 aromatic carbocycles. The van der Waals surface area contributed by atoms with Gasteiger partial charge in [0, 0.05) is 29.9 Å². The molecule has 0 bridgehead atoms. The van der Waals surface area contributed by atoms with Crippen LogP contribution in [0.1, 0.15) is 80.8 Å². The predicted molar refractivity (Wildman–Crippen MR) is 163 cm³/mol. The van der Waals surface area contributed by atoms with Crippen molar-refractivity contribution in [1.82, 2.24) is 10.3 Å². The van der Waals surface area contributed by atoms with Crippen molar-refractivity contribution in [3.63, 3.8) is 0 Å². The van der Waals surface area contributed by atoms with Gasteiger partial charge in [0.2, 0.25) is 5.91 Å². The van der Waals surface area contributed by atoms with Crippen LogP contribution >= 0.6 is 0 Å². The number of primary amides is 1. The number of nitrogens with two attached hydrogens (primary N) is 2.